The number of benzene rings is 1. The predicted molar refractivity (Wildman–Crippen MR) is 91.6 cm³/mol. The number of imidazole rings is 1. The zero-order chi connectivity index (χ0) is 19.3. The Morgan fingerprint density at radius 1 is 1.33 bits per heavy atom. The number of carbonyl (C=O) groups is 1. The third-order valence-corrected chi connectivity index (χ3v) is 4.75. The summed E-state index contributed by atoms with van der Waals surface area (Å²) < 4.78 is 46.2. The number of nitrogen functional groups attached to an aromatic ring is 1. The van der Waals surface area contributed by atoms with Crippen LogP contribution in [-0.2, 0) is 0 Å². The first kappa shape index (κ1) is 17.4. The minimum atomic E-state index is -4.47. The zero-order valence-electron chi connectivity index (χ0n) is 14.3. The summed E-state index contributed by atoms with van der Waals surface area (Å²) in [4.78, 5) is 22.1. The number of methoxy groups -OCH3 is 1. The summed E-state index contributed by atoms with van der Waals surface area (Å²) in [5.41, 5.74) is 6.66. The largest absolute Gasteiger partial charge is 0.494 e. The molecule has 1 amide bonds. The maximum Gasteiger partial charge on any atom is 0.408 e. The van der Waals surface area contributed by atoms with Crippen molar-refractivity contribution in [2.75, 3.05) is 19.4 Å². The van der Waals surface area contributed by atoms with Crippen molar-refractivity contribution in [1.82, 2.24) is 19.3 Å². The van der Waals surface area contributed by atoms with E-state index >= 15 is 0 Å². The van der Waals surface area contributed by atoms with E-state index in [1.807, 2.05) is 0 Å². The SMILES string of the molecule is COc1cccc2c1nc(N)n1cc(C(=O)N3CCC[C@H]3C(F)(F)F)nc21. The molecular formula is C17H16F3N5O2. The molecule has 0 bridgehead atoms. The highest BCUT2D eigenvalue weighted by molar-refractivity contribution is 5.99. The molecule has 1 aromatic carbocycles. The number of alkyl halides is 3. The van der Waals surface area contributed by atoms with E-state index in [-0.39, 0.29) is 24.6 Å². The van der Waals surface area contributed by atoms with Crippen LogP contribution in [-0.4, -0.2) is 51.0 Å². The van der Waals surface area contributed by atoms with Crippen LogP contribution in [0.4, 0.5) is 19.1 Å². The smallest absolute Gasteiger partial charge is 0.408 e. The number of rotatable bonds is 2. The van der Waals surface area contributed by atoms with Gasteiger partial charge in [-0.2, -0.15) is 13.2 Å². The summed E-state index contributed by atoms with van der Waals surface area (Å²) in [6.45, 7) is 0.0409. The molecule has 0 unspecified atom stereocenters. The molecule has 3 heterocycles. The number of para-hydroxylation sites is 1. The van der Waals surface area contributed by atoms with Crippen molar-refractivity contribution < 1.29 is 22.7 Å². The Bertz CT molecular complexity index is 1050. The van der Waals surface area contributed by atoms with Gasteiger partial charge in [-0.3, -0.25) is 9.20 Å². The third kappa shape index (κ3) is 2.71. The number of fused-ring (bicyclic) bond motifs is 3. The highest BCUT2D eigenvalue weighted by Crippen LogP contribution is 2.34. The lowest BCUT2D eigenvalue weighted by molar-refractivity contribution is -0.169. The van der Waals surface area contributed by atoms with Gasteiger partial charge in [0.25, 0.3) is 5.91 Å². The van der Waals surface area contributed by atoms with Crippen LogP contribution in [0.3, 0.4) is 0 Å². The van der Waals surface area contributed by atoms with E-state index in [2.05, 4.69) is 9.97 Å². The minimum Gasteiger partial charge on any atom is -0.494 e. The van der Waals surface area contributed by atoms with Gasteiger partial charge in [0, 0.05) is 18.1 Å². The quantitative estimate of drug-likeness (QED) is 0.740. The number of amides is 1. The molecule has 0 spiro atoms. The van der Waals surface area contributed by atoms with Gasteiger partial charge in [0.2, 0.25) is 5.95 Å². The van der Waals surface area contributed by atoms with Crippen LogP contribution < -0.4 is 10.5 Å². The first-order valence-corrected chi connectivity index (χ1v) is 8.30. The Morgan fingerprint density at radius 3 is 2.81 bits per heavy atom. The normalized spacial score (nSPS) is 17.8. The third-order valence-electron chi connectivity index (χ3n) is 4.75. The van der Waals surface area contributed by atoms with Crippen molar-refractivity contribution in [3.8, 4) is 5.75 Å². The average Bonchev–Trinajstić information content (AvgIpc) is 3.28. The molecule has 10 heteroatoms. The Morgan fingerprint density at radius 2 is 2.11 bits per heavy atom. The number of likely N-dealkylation sites (tertiary alicyclic amines) is 1. The molecule has 4 rings (SSSR count). The lowest BCUT2D eigenvalue weighted by Gasteiger charge is -2.25. The Kier molecular flexibility index (Phi) is 3.86. The summed E-state index contributed by atoms with van der Waals surface area (Å²) in [6.07, 6.45) is -2.95. The van der Waals surface area contributed by atoms with Gasteiger partial charge < -0.3 is 15.4 Å². The van der Waals surface area contributed by atoms with Crippen molar-refractivity contribution in [2.45, 2.75) is 25.1 Å². The standard InChI is InChI=1S/C17H16F3N5O2/c1-27-11-5-2-4-9-13(11)23-16(21)25-8-10(22-14(9)25)15(26)24-7-3-6-12(24)17(18,19)20/h2,4-5,8,12H,3,6-7H2,1H3,(H2,21,23)/t12-/m0/s1. The van der Waals surface area contributed by atoms with Crippen LogP contribution in [0, 0.1) is 0 Å². The van der Waals surface area contributed by atoms with Crippen molar-refractivity contribution in [1.29, 1.82) is 0 Å². The maximum atomic E-state index is 13.2. The molecule has 1 aliphatic rings. The first-order chi connectivity index (χ1) is 12.8. The maximum absolute atomic E-state index is 13.2. The molecule has 1 fully saturated rings. The highest BCUT2D eigenvalue weighted by Gasteiger charge is 2.48. The lowest BCUT2D eigenvalue weighted by Crippen LogP contribution is -2.44. The molecular weight excluding hydrogens is 363 g/mol. The lowest BCUT2D eigenvalue weighted by atomic mass is 10.2. The zero-order valence-corrected chi connectivity index (χ0v) is 14.3. The van der Waals surface area contributed by atoms with Gasteiger partial charge in [-0.15, -0.1) is 0 Å². The average molecular weight is 379 g/mol. The predicted octanol–water partition coefficient (Wildman–Crippen LogP) is 2.64. The number of nitrogens with zero attached hydrogens (tertiary/aromatic N) is 4. The number of carbonyl (C=O) groups excluding carboxylic acids is 1. The molecule has 3 aromatic rings. The van der Waals surface area contributed by atoms with Gasteiger partial charge in [0.1, 0.15) is 28.6 Å². The molecule has 0 radical (unpaired) electrons. The summed E-state index contributed by atoms with van der Waals surface area (Å²) in [6, 6.07) is 3.38. The Labute approximate surface area is 151 Å². The van der Waals surface area contributed by atoms with E-state index < -0.39 is 18.1 Å². The molecule has 0 aliphatic carbocycles. The summed E-state index contributed by atoms with van der Waals surface area (Å²) in [5, 5.41) is 0.580. The van der Waals surface area contributed by atoms with Gasteiger partial charge in [0.05, 0.1) is 7.11 Å². The Balaban J connectivity index is 1.83. The van der Waals surface area contributed by atoms with Gasteiger partial charge in [0.15, 0.2) is 0 Å². The van der Waals surface area contributed by atoms with Gasteiger partial charge >= 0.3 is 6.18 Å². The summed E-state index contributed by atoms with van der Waals surface area (Å²) in [7, 11) is 1.49. The molecule has 27 heavy (non-hydrogen) atoms. The fraction of sp³-hybridized carbons (Fsp3) is 0.353. The number of halogens is 3. The monoisotopic (exact) mass is 379 g/mol. The fourth-order valence-corrected chi connectivity index (χ4v) is 3.50. The van der Waals surface area contributed by atoms with E-state index in [0.717, 1.165) is 4.90 Å². The second-order valence-electron chi connectivity index (χ2n) is 6.34. The van der Waals surface area contributed by atoms with Crippen LogP contribution in [0.2, 0.25) is 0 Å². The molecule has 1 saturated heterocycles. The van der Waals surface area contributed by atoms with E-state index in [9.17, 15) is 18.0 Å². The minimum absolute atomic E-state index is 0.0409. The van der Waals surface area contributed by atoms with Crippen LogP contribution in [0.5, 0.6) is 5.75 Å². The van der Waals surface area contributed by atoms with E-state index in [0.29, 0.717) is 28.7 Å². The second kappa shape index (κ2) is 6.00. The molecule has 1 atom stereocenters. The van der Waals surface area contributed by atoms with Crippen molar-refractivity contribution in [3.05, 3.63) is 30.1 Å². The van der Waals surface area contributed by atoms with Crippen molar-refractivity contribution in [3.63, 3.8) is 0 Å². The Hall–Kier alpha value is -3.04. The molecule has 2 aromatic heterocycles. The number of nitrogens with two attached hydrogens (primary N) is 1. The molecule has 0 saturated carbocycles. The van der Waals surface area contributed by atoms with Gasteiger partial charge in [-0.25, -0.2) is 9.97 Å². The van der Waals surface area contributed by atoms with Gasteiger partial charge in [-0.05, 0) is 25.0 Å². The van der Waals surface area contributed by atoms with E-state index in [1.54, 1.807) is 18.2 Å². The highest BCUT2D eigenvalue weighted by atomic mass is 19.4. The molecule has 7 nitrogen and oxygen atoms in total. The number of hydrogen-bond acceptors (Lipinski definition) is 5. The van der Waals surface area contributed by atoms with Gasteiger partial charge in [-0.1, -0.05) is 6.07 Å². The molecule has 1 aliphatic heterocycles. The van der Waals surface area contributed by atoms with Crippen LogP contribution >= 0.6 is 0 Å². The summed E-state index contributed by atoms with van der Waals surface area (Å²) >= 11 is 0. The molecule has 142 valence electrons. The number of aromatic nitrogens is 3. The van der Waals surface area contributed by atoms with Crippen LogP contribution in [0.25, 0.3) is 16.6 Å². The van der Waals surface area contributed by atoms with E-state index in [1.165, 1.54) is 17.7 Å². The number of hydrogen-bond donors (Lipinski definition) is 1. The van der Waals surface area contributed by atoms with Crippen LogP contribution in [0.1, 0.15) is 23.3 Å². The van der Waals surface area contributed by atoms with Crippen molar-refractivity contribution >= 4 is 28.4 Å². The van der Waals surface area contributed by atoms with Crippen molar-refractivity contribution in [2.24, 2.45) is 0 Å². The van der Waals surface area contributed by atoms with Crippen LogP contribution in [0.15, 0.2) is 24.4 Å². The first-order valence-electron chi connectivity index (χ1n) is 8.30. The second-order valence-corrected chi connectivity index (χ2v) is 6.34. The summed E-state index contributed by atoms with van der Waals surface area (Å²) in [5.74, 6) is -0.231. The fourth-order valence-electron chi connectivity index (χ4n) is 3.50. The number of ether oxygens (including phenoxy) is 1. The van der Waals surface area contributed by atoms with E-state index in [4.69, 9.17) is 10.5 Å². The topological polar surface area (TPSA) is 85.8 Å². The number of anilines is 1. The molecule has 2 N–H and O–H groups in total.